The zero-order valence-electron chi connectivity index (χ0n) is 11.5. The van der Waals surface area contributed by atoms with Gasteiger partial charge in [0.2, 0.25) is 5.91 Å². The first-order chi connectivity index (χ1) is 10.1. The molecule has 0 aliphatic carbocycles. The second-order valence-electron chi connectivity index (χ2n) is 4.53. The number of nitrogens with zero attached hydrogens (tertiary/aromatic N) is 1. The maximum Gasteiger partial charge on any atom is 0.221 e. The van der Waals surface area contributed by atoms with Gasteiger partial charge in [-0.25, -0.2) is 4.39 Å². The maximum atomic E-state index is 13.2. The Hall–Kier alpha value is -2.87. The van der Waals surface area contributed by atoms with E-state index >= 15 is 0 Å². The number of nitrogens with one attached hydrogen (secondary N) is 2. The van der Waals surface area contributed by atoms with Crippen LogP contribution >= 0.6 is 0 Å². The Morgan fingerprint density at radius 2 is 2.00 bits per heavy atom. The van der Waals surface area contributed by atoms with Crippen LogP contribution in [-0.4, -0.2) is 5.91 Å². The highest BCUT2D eigenvalue weighted by Gasteiger charge is 2.04. The van der Waals surface area contributed by atoms with Crippen LogP contribution in [-0.2, 0) is 11.3 Å². The summed E-state index contributed by atoms with van der Waals surface area (Å²) in [6, 6.07) is 13.3. The molecule has 5 heteroatoms. The highest BCUT2D eigenvalue weighted by molar-refractivity contribution is 5.89. The fourth-order valence-corrected chi connectivity index (χ4v) is 1.93. The summed E-state index contributed by atoms with van der Waals surface area (Å²) in [7, 11) is 0. The molecule has 21 heavy (non-hydrogen) atoms. The van der Waals surface area contributed by atoms with E-state index in [4.69, 9.17) is 5.26 Å². The van der Waals surface area contributed by atoms with Gasteiger partial charge in [0.05, 0.1) is 11.6 Å². The molecule has 0 heterocycles. The van der Waals surface area contributed by atoms with Crippen molar-refractivity contribution >= 4 is 17.3 Å². The number of carbonyl (C=O) groups excluding carboxylic acids is 1. The van der Waals surface area contributed by atoms with E-state index in [0.717, 1.165) is 5.69 Å². The summed E-state index contributed by atoms with van der Waals surface area (Å²) in [4.78, 5) is 11.0. The Bertz CT molecular complexity index is 707. The third-order valence-electron chi connectivity index (χ3n) is 2.85. The predicted octanol–water partition coefficient (Wildman–Crippen LogP) is 3.27. The van der Waals surface area contributed by atoms with Gasteiger partial charge in [0, 0.05) is 24.8 Å². The van der Waals surface area contributed by atoms with Crippen molar-refractivity contribution < 1.29 is 9.18 Å². The Balaban J connectivity index is 2.11. The molecular formula is C16H14FN3O. The topological polar surface area (TPSA) is 64.9 Å². The summed E-state index contributed by atoms with van der Waals surface area (Å²) in [5, 5.41) is 14.8. The van der Waals surface area contributed by atoms with Crippen LogP contribution in [0.1, 0.15) is 18.1 Å². The number of anilines is 2. The third kappa shape index (κ3) is 4.05. The SMILES string of the molecule is CC(=O)Nc1cccc(NCc2cc(F)ccc2C#N)c1. The lowest BCUT2D eigenvalue weighted by Crippen LogP contribution is -2.07. The lowest BCUT2D eigenvalue weighted by molar-refractivity contribution is -0.114. The Labute approximate surface area is 122 Å². The van der Waals surface area contributed by atoms with Gasteiger partial charge in [-0.15, -0.1) is 0 Å². The van der Waals surface area contributed by atoms with Crippen molar-refractivity contribution in [2.75, 3.05) is 10.6 Å². The first-order valence-electron chi connectivity index (χ1n) is 6.38. The quantitative estimate of drug-likeness (QED) is 0.905. The molecule has 0 spiro atoms. The summed E-state index contributed by atoms with van der Waals surface area (Å²) in [6.45, 7) is 1.76. The van der Waals surface area contributed by atoms with Gasteiger partial charge in [0.25, 0.3) is 0 Å². The molecule has 0 atom stereocenters. The van der Waals surface area contributed by atoms with Crippen molar-refractivity contribution in [2.45, 2.75) is 13.5 Å². The molecule has 0 fully saturated rings. The van der Waals surface area contributed by atoms with Crippen LogP contribution in [0.2, 0.25) is 0 Å². The number of hydrogen-bond donors (Lipinski definition) is 2. The fraction of sp³-hybridized carbons (Fsp3) is 0.125. The number of benzene rings is 2. The largest absolute Gasteiger partial charge is 0.381 e. The fourth-order valence-electron chi connectivity index (χ4n) is 1.93. The van der Waals surface area contributed by atoms with Gasteiger partial charge in [-0.2, -0.15) is 5.26 Å². The smallest absolute Gasteiger partial charge is 0.221 e. The lowest BCUT2D eigenvalue weighted by atomic mass is 10.1. The van der Waals surface area contributed by atoms with Crippen molar-refractivity contribution in [1.29, 1.82) is 5.26 Å². The average molecular weight is 283 g/mol. The van der Waals surface area contributed by atoms with Crippen LogP contribution in [0.5, 0.6) is 0 Å². The van der Waals surface area contributed by atoms with E-state index in [1.54, 1.807) is 18.2 Å². The molecule has 0 unspecified atom stereocenters. The van der Waals surface area contributed by atoms with Crippen LogP contribution in [0, 0.1) is 17.1 Å². The van der Waals surface area contributed by atoms with Gasteiger partial charge in [0.15, 0.2) is 0 Å². The first kappa shape index (κ1) is 14.5. The normalized spacial score (nSPS) is 9.76. The van der Waals surface area contributed by atoms with Crippen LogP contribution < -0.4 is 10.6 Å². The van der Waals surface area contributed by atoms with Gasteiger partial charge in [-0.1, -0.05) is 6.07 Å². The molecule has 0 saturated heterocycles. The molecule has 1 amide bonds. The zero-order valence-corrected chi connectivity index (χ0v) is 11.5. The highest BCUT2D eigenvalue weighted by Crippen LogP contribution is 2.17. The predicted molar refractivity (Wildman–Crippen MR) is 79.2 cm³/mol. The van der Waals surface area contributed by atoms with E-state index in [2.05, 4.69) is 10.6 Å². The molecule has 0 aliphatic heterocycles. The van der Waals surface area contributed by atoms with Crippen molar-refractivity contribution in [2.24, 2.45) is 0 Å². The molecule has 0 bridgehead atoms. The van der Waals surface area contributed by atoms with Crippen LogP contribution in [0.15, 0.2) is 42.5 Å². The van der Waals surface area contributed by atoms with Crippen molar-refractivity contribution in [1.82, 2.24) is 0 Å². The summed E-state index contributed by atoms with van der Waals surface area (Å²) >= 11 is 0. The number of amides is 1. The van der Waals surface area contributed by atoms with Crippen LogP contribution in [0.4, 0.5) is 15.8 Å². The monoisotopic (exact) mass is 283 g/mol. The van der Waals surface area contributed by atoms with E-state index in [9.17, 15) is 9.18 Å². The maximum absolute atomic E-state index is 13.2. The molecule has 2 aromatic rings. The molecule has 4 nitrogen and oxygen atoms in total. The number of nitriles is 1. The van der Waals surface area contributed by atoms with E-state index < -0.39 is 0 Å². The minimum Gasteiger partial charge on any atom is -0.381 e. The standard InChI is InChI=1S/C16H14FN3O/c1-11(21)20-16-4-2-3-15(8-16)19-10-13-7-14(17)6-5-12(13)9-18/h2-8,19H,10H2,1H3,(H,20,21). The van der Waals surface area contributed by atoms with Gasteiger partial charge >= 0.3 is 0 Å². The Morgan fingerprint density at radius 1 is 1.24 bits per heavy atom. The van der Waals surface area contributed by atoms with E-state index in [0.29, 0.717) is 23.4 Å². The second-order valence-corrected chi connectivity index (χ2v) is 4.53. The van der Waals surface area contributed by atoms with Crippen LogP contribution in [0.25, 0.3) is 0 Å². The van der Waals surface area contributed by atoms with Crippen molar-refractivity contribution in [3.8, 4) is 6.07 Å². The minimum atomic E-state index is -0.377. The van der Waals surface area contributed by atoms with Crippen molar-refractivity contribution in [3.63, 3.8) is 0 Å². The van der Waals surface area contributed by atoms with Crippen molar-refractivity contribution in [3.05, 3.63) is 59.4 Å². The summed E-state index contributed by atoms with van der Waals surface area (Å²) in [6.07, 6.45) is 0. The summed E-state index contributed by atoms with van der Waals surface area (Å²) in [5.41, 5.74) is 2.46. The van der Waals surface area contributed by atoms with Gasteiger partial charge in [0.1, 0.15) is 5.82 Å². The molecule has 0 aromatic heterocycles. The number of carbonyl (C=O) groups is 1. The number of hydrogen-bond acceptors (Lipinski definition) is 3. The summed E-state index contributed by atoms with van der Waals surface area (Å²) in [5.74, 6) is -0.526. The Kier molecular flexibility index (Phi) is 4.52. The Morgan fingerprint density at radius 3 is 2.71 bits per heavy atom. The molecular weight excluding hydrogens is 269 g/mol. The minimum absolute atomic E-state index is 0.149. The van der Waals surface area contributed by atoms with Crippen LogP contribution in [0.3, 0.4) is 0 Å². The molecule has 0 aliphatic rings. The average Bonchev–Trinajstić information content (AvgIpc) is 2.45. The molecule has 2 rings (SSSR count). The van der Waals surface area contributed by atoms with Gasteiger partial charge in [-0.3, -0.25) is 4.79 Å². The van der Waals surface area contributed by atoms with E-state index in [-0.39, 0.29) is 11.7 Å². The lowest BCUT2D eigenvalue weighted by Gasteiger charge is -2.10. The first-order valence-corrected chi connectivity index (χ1v) is 6.38. The molecule has 0 radical (unpaired) electrons. The van der Waals surface area contributed by atoms with E-state index in [1.807, 2.05) is 12.1 Å². The molecule has 2 aromatic carbocycles. The van der Waals surface area contributed by atoms with E-state index in [1.165, 1.54) is 25.1 Å². The highest BCUT2D eigenvalue weighted by atomic mass is 19.1. The number of halogens is 1. The third-order valence-corrected chi connectivity index (χ3v) is 2.85. The number of rotatable bonds is 4. The molecule has 106 valence electrons. The van der Waals surface area contributed by atoms with Gasteiger partial charge < -0.3 is 10.6 Å². The molecule has 0 saturated carbocycles. The second kappa shape index (κ2) is 6.53. The zero-order chi connectivity index (χ0) is 15.2. The van der Waals surface area contributed by atoms with Gasteiger partial charge in [-0.05, 0) is 42.0 Å². The molecule has 2 N–H and O–H groups in total. The summed E-state index contributed by atoms with van der Waals surface area (Å²) < 4.78 is 13.2.